The molecule has 0 bridgehead atoms. The molecule has 0 radical (unpaired) electrons. The molecule has 1 aromatic heterocycles. The van der Waals surface area contributed by atoms with Crippen LogP contribution in [0.15, 0.2) is 48.7 Å². The molecule has 3 aromatic rings. The standard InChI is InChI=1S/C17H16N2O/c1-11-9-15-16(10-12(11)2)19-8-7-17(15)20-14-5-3-13(18)4-6-14/h3-10H,18H2,1-2H3. The first-order valence-corrected chi connectivity index (χ1v) is 6.53. The van der Waals surface area contributed by atoms with Crippen molar-refractivity contribution in [1.29, 1.82) is 0 Å². The van der Waals surface area contributed by atoms with Crippen LogP contribution in [-0.4, -0.2) is 4.98 Å². The lowest BCUT2D eigenvalue weighted by Gasteiger charge is -2.10. The van der Waals surface area contributed by atoms with Crippen LogP contribution in [0.5, 0.6) is 11.5 Å². The number of aromatic nitrogens is 1. The van der Waals surface area contributed by atoms with Crippen LogP contribution in [0.4, 0.5) is 5.69 Å². The Morgan fingerprint density at radius 1 is 0.950 bits per heavy atom. The van der Waals surface area contributed by atoms with E-state index >= 15 is 0 Å². The molecule has 3 rings (SSSR count). The van der Waals surface area contributed by atoms with Crippen LogP contribution in [0.25, 0.3) is 10.9 Å². The van der Waals surface area contributed by atoms with E-state index in [-0.39, 0.29) is 0 Å². The van der Waals surface area contributed by atoms with E-state index in [4.69, 9.17) is 10.5 Å². The topological polar surface area (TPSA) is 48.1 Å². The molecular weight excluding hydrogens is 248 g/mol. The smallest absolute Gasteiger partial charge is 0.138 e. The lowest BCUT2D eigenvalue weighted by molar-refractivity contribution is 0.488. The number of ether oxygens (including phenoxy) is 1. The summed E-state index contributed by atoms with van der Waals surface area (Å²) >= 11 is 0. The molecule has 3 heteroatoms. The van der Waals surface area contributed by atoms with Gasteiger partial charge in [-0.25, -0.2) is 0 Å². The highest BCUT2D eigenvalue weighted by Gasteiger charge is 2.06. The molecule has 0 aliphatic rings. The van der Waals surface area contributed by atoms with Gasteiger partial charge in [0.25, 0.3) is 0 Å². The Morgan fingerprint density at radius 2 is 1.65 bits per heavy atom. The van der Waals surface area contributed by atoms with Crippen molar-refractivity contribution in [3.05, 3.63) is 59.8 Å². The largest absolute Gasteiger partial charge is 0.457 e. The van der Waals surface area contributed by atoms with E-state index in [1.807, 2.05) is 30.3 Å². The van der Waals surface area contributed by atoms with Gasteiger partial charge in [-0.3, -0.25) is 4.98 Å². The molecule has 1 heterocycles. The average Bonchev–Trinajstić information content (AvgIpc) is 2.43. The number of nitrogen functional groups attached to an aromatic ring is 1. The van der Waals surface area contributed by atoms with Gasteiger partial charge in [-0.1, -0.05) is 0 Å². The van der Waals surface area contributed by atoms with Gasteiger partial charge >= 0.3 is 0 Å². The first-order chi connectivity index (χ1) is 9.63. The molecular formula is C17H16N2O. The Kier molecular flexibility index (Phi) is 3.03. The summed E-state index contributed by atoms with van der Waals surface area (Å²) in [4.78, 5) is 4.40. The van der Waals surface area contributed by atoms with Crippen LogP contribution in [0.1, 0.15) is 11.1 Å². The molecule has 0 unspecified atom stereocenters. The van der Waals surface area contributed by atoms with Crippen molar-refractivity contribution in [3.8, 4) is 11.5 Å². The predicted octanol–water partition coefficient (Wildman–Crippen LogP) is 4.23. The summed E-state index contributed by atoms with van der Waals surface area (Å²) < 4.78 is 5.95. The van der Waals surface area contributed by atoms with E-state index in [2.05, 4.69) is 31.0 Å². The predicted molar refractivity (Wildman–Crippen MR) is 82.1 cm³/mol. The summed E-state index contributed by atoms with van der Waals surface area (Å²) in [5.74, 6) is 1.58. The molecule has 0 spiro atoms. The molecule has 0 atom stereocenters. The summed E-state index contributed by atoms with van der Waals surface area (Å²) in [6.45, 7) is 4.18. The SMILES string of the molecule is Cc1cc2nccc(Oc3ccc(N)cc3)c2cc1C. The minimum absolute atomic E-state index is 0.725. The Labute approximate surface area is 118 Å². The average molecular weight is 264 g/mol. The molecule has 100 valence electrons. The van der Waals surface area contributed by atoms with Crippen LogP contribution in [0, 0.1) is 13.8 Å². The van der Waals surface area contributed by atoms with Gasteiger partial charge < -0.3 is 10.5 Å². The summed E-state index contributed by atoms with van der Waals surface area (Å²) in [6.07, 6.45) is 1.77. The number of benzene rings is 2. The summed E-state index contributed by atoms with van der Waals surface area (Å²) in [7, 11) is 0. The molecule has 0 amide bonds. The minimum Gasteiger partial charge on any atom is -0.457 e. The maximum atomic E-state index is 5.95. The van der Waals surface area contributed by atoms with Crippen LogP contribution < -0.4 is 10.5 Å². The van der Waals surface area contributed by atoms with Gasteiger partial charge in [-0.05, 0) is 67.4 Å². The number of pyridine rings is 1. The lowest BCUT2D eigenvalue weighted by atomic mass is 10.1. The molecule has 0 aliphatic heterocycles. The zero-order chi connectivity index (χ0) is 14.1. The van der Waals surface area contributed by atoms with Crippen molar-refractivity contribution >= 4 is 16.6 Å². The Morgan fingerprint density at radius 3 is 2.40 bits per heavy atom. The van der Waals surface area contributed by atoms with Gasteiger partial charge in [0, 0.05) is 17.3 Å². The van der Waals surface area contributed by atoms with Crippen LogP contribution in [0.3, 0.4) is 0 Å². The first-order valence-electron chi connectivity index (χ1n) is 6.53. The third-order valence-corrected chi connectivity index (χ3v) is 3.42. The first kappa shape index (κ1) is 12.5. The fraction of sp³-hybridized carbons (Fsp3) is 0.118. The van der Waals surface area contributed by atoms with Crippen LogP contribution in [-0.2, 0) is 0 Å². The number of nitrogens with two attached hydrogens (primary N) is 1. The molecule has 0 aliphatic carbocycles. The molecule has 0 fully saturated rings. The van der Waals surface area contributed by atoms with Crippen molar-refractivity contribution in [1.82, 2.24) is 4.98 Å². The summed E-state index contributed by atoms with van der Waals surface area (Å²) in [5, 5.41) is 1.02. The maximum absolute atomic E-state index is 5.95. The van der Waals surface area contributed by atoms with Crippen molar-refractivity contribution in [3.63, 3.8) is 0 Å². The highest BCUT2D eigenvalue weighted by atomic mass is 16.5. The monoisotopic (exact) mass is 264 g/mol. The van der Waals surface area contributed by atoms with Gasteiger partial charge in [0.2, 0.25) is 0 Å². The zero-order valence-electron chi connectivity index (χ0n) is 11.6. The molecule has 20 heavy (non-hydrogen) atoms. The maximum Gasteiger partial charge on any atom is 0.138 e. The van der Waals surface area contributed by atoms with E-state index in [9.17, 15) is 0 Å². The highest BCUT2D eigenvalue weighted by molar-refractivity contribution is 5.86. The van der Waals surface area contributed by atoms with Crippen molar-refractivity contribution in [2.24, 2.45) is 0 Å². The summed E-state index contributed by atoms with van der Waals surface area (Å²) in [6, 6.07) is 13.5. The van der Waals surface area contributed by atoms with E-state index in [0.717, 1.165) is 28.1 Å². The number of anilines is 1. The van der Waals surface area contributed by atoms with Gasteiger partial charge in [-0.15, -0.1) is 0 Å². The number of hydrogen-bond acceptors (Lipinski definition) is 3. The van der Waals surface area contributed by atoms with Gasteiger partial charge in [-0.2, -0.15) is 0 Å². The minimum atomic E-state index is 0.725. The fourth-order valence-electron chi connectivity index (χ4n) is 2.13. The molecule has 2 aromatic carbocycles. The van der Waals surface area contributed by atoms with Gasteiger partial charge in [0.05, 0.1) is 5.52 Å². The van der Waals surface area contributed by atoms with Crippen molar-refractivity contribution < 1.29 is 4.74 Å². The third kappa shape index (κ3) is 2.30. The van der Waals surface area contributed by atoms with Crippen molar-refractivity contribution in [2.75, 3.05) is 5.73 Å². The zero-order valence-corrected chi connectivity index (χ0v) is 11.6. The van der Waals surface area contributed by atoms with E-state index in [1.165, 1.54) is 11.1 Å². The Hall–Kier alpha value is -2.55. The quantitative estimate of drug-likeness (QED) is 0.705. The number of rotatable bonds is 2. The molecule has 0 saturated heterocycles. The summed E-state index contributed by atoms with van der Waals surface area (Å²) in [5.41, 5.74) is 9.81. The Balaban J connectivity index is 2.07. The second-order valence-corrected chi connectivity index (χ2v) is 4.93. The third-order valence-electron chi connectivity index (χ3n) is 3.42. The second-order valence-electron chi connectivity index (χ2n) is 4.93. The van der Waals surface area contributed by atoms with Gasteiger partial charge in [0.15, 0.2) is 0 Å². The number of nitrogens with zero attached hydrogens (tertiary/aromatic N) is 1. The van der Waals surface area contributed by atoms with E-state index in [1.54, 1.807) is 6.20 Å². The normalized spacial score (nSPS) is 10.7. The van der Waals surface area contributed by atoms with E-state index in [0.29, 0.717) is 0 Å². The fourth-order valence-corrected chi connectivity index (χ4v) is 2.13. The van der Waals surface area contributed by atoms with Gasteiger partial charge in [0.1, 0.15) is 11.5 Å². The molecule has 3 nitrogen and oxygen atoms in total. The number of aryl methyl sites for hydroxylation is 2. The lowest BCUT2D eigenvalue weighted by Crippen LogP contribution is -1.90. The molecule has 0 saturated carbocycles. The Bertz CT molecular complexity index is 764. The highest BCUT2D eigenvalue weighted by Crippen LogP contribution is 2.30. The molecule has 2 N–H and O–H groups in total. The second kappa shape index (κ2) is 4.85. The number of fused-ring (bicyclic) bond motifs is 1. The van der Waals surface area contributed by atoms with Crippen molar-refractivity contribution in [2.45, 2.75) is 13.8 Å². The van der Waals surface area contributed by atoms with E-state index < -0.39 is 0 Å². The van der Waals surface area contributed by atoms with Crippen LogP contribution >= 0.6 is 0 Å². The van der Waals surface area contributed by atoms with Crippen LogP contribution in [0.2, 0.25) is 0 Å². The number of hydrogen-bond donors (Lipinski definition) is 1.